The van der Waals surface area contributed by atoms with Crippen LogP contribution in [-0.2, 0) is 0 Å². The van der Waals surface area contributed by atoms with Crippen LogP contribution in [0.1, 0.15) is 31.4 Å². The fourth-order valence-corrected chi connectivity index (χ4v) is 4.00. The lowest BCUT2D eigenvalue weighted by molar-refractivity contribution is 0.311. The number of piperazine rings is 1. The molecule has 1 saturated carbocycles. The Morgan fingerprint density at radius 2 is 1.72 bits per heavy atom. The molecule has 1 atom stereocenters. The number of aliphatic imine (C=N–C) groups is 1. The SMILES string of the molecule is CC(Nc1nc(NC2=NCC(C3CC3)=C2)nc(N2CCN(C)CC2)n1)c1ccc(F)cc1. The second-order valence-electron chi connectivity index (χ2n) is 8.81. The number of hydrogen-bond acceptors (Lipinski definition) is 8. The Bertz CT molecular complexity index is 1020. The minimum Gasteiger partial charge on any atom is -0.348 e. The first-order valence-corrected chi connectivity index (χ1v) is 11.3. The van der Waals surface area contributed by atoms with E-state index in [9.17, 15) is 4.39 Å². The van der Waals surface area contributed by atoms with Gasteiger partial charge in [-0.05, 0) is 62.1 Å². The molecular weight excluding hydrogens is 407 g/mol. The number of likely N-dealkylation sites (N-methyl/N-ethyl adjacent to an activating group) is 1. The molecule has 3 aliphatic rings. The minimum absolute atomic E-state index is 0.0867. The van der Waals surface area contributed by atoms with Crippen molar-refractivity contribution in [2.45, 2.75) is 25.8 Å². The van der Waals surface area contributed by atoms with Gasteiger partial charge in [0.05, 0.1) is 12.6 Å². The zero-order valence-corrected chi connectivity index (χ0v) is 18.6. The monoisotopic (exact) mass is 436 g/mol. The van der Waals surface area contributed by atoms with Gasteiger partial charge in [0.2, 0.25) is 17.8 Å². The van der Waals surface area contributed by atoms with E-state index in [-0.39, 0.29) is 11.9 Å². The molecule has 3 heterocycles. The smallest absolute Gasteiger partial charge is 0.234 e. The fourth-order valence-electron chi connectivity index (χ4n) is 4.00. The van der Waals surface area contributed by atoms with Gasteiger partial charge in [0, 0.05) is 26.2 Å². The topological polar surface area (TPSA) is 81.6 Å². The molecule has 9 heteroatoms. The summed E-state index contributed by atoms with van der Waals surface area (Å²) < 4.78 is 13.3. The van der Waals surface area contributed by atoms with E-state index in [0.29, 0.717) is 23.8 Å². The van der Waals surface area contributed by atoms with E-state index in [1.165, 1.54) is 30.5 Å². The molecule has 8 nitrogen and oxygen atoms in total. The molecule has 0 bridgehead atoms. The van der Waals surface area contributed by atoms with Crippen molar-refractivity contribution in [3.05, 3.63) is 47.3 Å². The van der Waals surface area contributed by atoms with Gasteiger partial charge < -0.3 is 20.4 Å². The van der Waals surface area contributed by atoms with Crippen molar-refractivity contribution in [3.8, 4) is 0 Å². The van der Waals surface area contributed by atoms with Crippen molar-refractivity contribution in [1.82, 2.24) is 19.9 Å². The van der Waals surface area contributed by atoms with Crippen LogP contribution in [0, 0.1) is 11.7 Å². The second-order valence-corrected chi connectivity index (χ2v) is 8.81. The van der Waals surface area contributed by atoms with Gasteiger partial charge >= 0.3 is 0 Å². The van der Waals surface area contributed by atoms with Crippen LogP contribution in [0.4, 0.5) is 22.2 Å². The summed E-state index contributed by atoms with van der Waals surface area (Å²) in [7, 11) is 2.12. The molecule has 0 radical (unpaired) electrons. The van der Waals surface area contributed by atoms with Crippen molar-refractivity contribution in [3.63, 3.8) is 0 Å². The van der Waals surface area contributed by atoms with E-state index in [2.05, 4.69) is 43.5 Å². The Hall–Kier alpha value is -3.07. The highest BCUT2D eigenvalue weighted by Gasteiger charge is 2.28. The van der Waals surface area contributed by atoms with Crippen LogP contribution >= 0.6 is 0 Å². The number of hydrogen-bond donors (Lipinski definition) is 2. The van der Waals surface area contributed by atoms with Crippen LogP contribution in [0.3, 0.4) is 0 Å². The number of benzene rings is 1. The van der Waals surface area contributed by atoms with Gasteiger partial charge in [-0.1, -0.05) is 12.1 Å². The van der Waals surface area contributed by atoms with E-state index in [1.54, 1.807) is 12.1 Å². The summed E-state index contributed by atoms with van der Waals surface area (Å²) in [5, 5.41) is 6.64. The number of anilines is 3. The Morgan fingerprint density at radius 3 is 2.44 bits per heavy atom. The molecule has 2 aromatic rings. The van der Waals surface area contributed by atoms with Gasteiger partial charge in [0.1, 0.15) is 11.7 Å². The number of amidine groups is 1. The Morgan fingerprint density at radius 1 is 1.00 bits per heavy atom. The lowest BCUT2D eigenvalue weighted by atomic mass is 10.1. The predicted molar refractivity (Wildman–Crippen MR) is 125 cm³/mol. The van der Waals surface area contributed by atoms with E-state index in [4.69, 9.17) is 9.97 Å². The molecule has 2 fully saturated rings. The van der Waals surface area contributed by atoms with Crippen molar-refractivity contribution in [2.75, 3.05) is 55.3 Å². The zero-order valence-electron chi connectivity index (χ0n) is 18.6. The van der Waals surface area contributed by atoms with Crippen molar-refractivity contribution >= 4 is 23.7 Å². The summed E-state index contributed by atoms with van der Waals surface area (Å²) in [6, 6.07) is 6.38. The first-order valence-electron chi connectivity index (χ1n) is 11.3. The lowest BCUT2D eigenvalue weighted by Gasteiger charge is -2.32. The van der Waals surface area contributed by atoms with Crippen molar-refractivity contribution in [1.29, 1.82) is 0 Å². The Labute approximate surface area is 187 Å². The molecule has 1 saturated heterocycles. The molecule has 1 aromatic heterocycles. The fraction of sp³-hybridized carbons (Fsp3) is 0.478. The van der Waals surface area contributed by atoms with Crippen LogP contribution in [0.5, 0.6) is 0 Å². The van der Waals surface area contributed by atoms with Crippen LogP contribution < -0.4 is 15.5 Å². The summed E-state index contributed by atoms with van der Waals surface area (Å²) in [4.78, 5) is 23.1. The normalized spacial score (nSPS) is 20.0. The lowest BCUT2D eigenvalue weighted by Crippen LogP contribution is -2.45. The quantitative estimate of drug-likeness (QED) is 0.720. The molecule has 0 spiro atoms. The maximum absolute atomic E-state index is 13.3. The third-order valence-corrected chi connectivity index (χ3v) is 6.22. The van der Waals surface area contributed by atoms with E-state index < -0.39 is 0 Å². The standard InChI is InChI=1S/C23H29FN8/c1-15(16-5-7-19(24)8-6-16)26-21-28-22(27-20-13-18(14-25-20)17-3-4-17)30-23(29-21)32-11-9-31(2)10-12-32/h5-8,13,15,17H,3-4,9-12,14H2,1-2H3,(H2,25,26,27,28,29,30). The average Bonchev–Trinajstić information content (AvgIpc) is 3.53. The van der Waals surface area contributed by atoms with Crippen molar-refractivity contribution < 1.29 is 4.39 Å². The first kappa shape index (κ1) is 20.8. The number of aromatic nitrogens is 3. The van der Waals surface area contributed by atoms with Crippen LogP contribution in [0.25, 0.3) is 0 Å². The number of nitrogens with one attached hydrogen (secondary N) is 2. The van der Waals surface area contributed by atoms with Gasteiger partial charge in [-0.2, -0.15) is 15.0 Å². The number of halogens is 1. The predicted octanol–water partition coefficient (Wildman–Crippen LogP) is 3.10. The summed E-state index contributed by atoms with van der Waals surface area (Å²) in [6.45, 7) is 6.41. The first-order chi connectivity index (χ1) is 15.5. The highest BCUT2D eigenvalue weighted by atomic mass is 19.1. The molecule has 2 aliphatic heterocycles. The molecule has 1 aliphatic carbocycles. The summed E-state index contributed by atoms with van der Waals surface area (Å²) in [5.74, 6) is 2.87. The average molecular weight is 437 g/mol. The number of nitrogens with zero attached hydrogens (tertiary/aromatic N) is 6. The maximum atomic E-state index is 13.3. The maximum Gasteiger partial charge on any atom is 0.234 e. The van der Waals surface area contributed by atoms with Gasteiger partial charge in [-0.3, -0.25) is 4.99 Å². The van der Waals surface area contributed by atoms with Crippen LogP contribution in [0.15, 0.2) is 40.9 Å². The molecule has 1 aromatic carbocycles. The number of rotatable bonds is 6. The molecule has 5 rings (SSSR count). The summed E-state index contributed by atoms with van der Waals surface area (Å²) >= 11 is 0. The van der Waals surface area contributed by atoms with Gasteiger partial charge in [-0.15, -0.1) is 0 Å². The largest absolute Gasteiger partial charge is 0.348 e. The molecule has 168 valence electrons. The third kappa shape index (κ3) is 4.88. The second kappa shape index (κ2) is 8.82. The molecule has 0 amide bonds. The highest BCUT2D eigenvalue weighted by molar-refractivity contribution is 6.05. The summed E-state index contributed by atoms with van der Waals surface area (Å²) in [6.07, 6.45) is 4.66. The molecule has 32 heavy (non-hydrogen) atoms. The zero-order chi connectivity index (χ0) is 22.1. The van der Waals surface area contributed by atoms with Crippen molar-refractivity contribution in [2.24, 2.45) is 10.9 Å². The molecule has 2 N–H and O–H groups in total. The Balaban J connectivity index is 1.38. The van der Waals surface area contributed by atoms with Crippen LogP contribution in [-0.4, -0.2) is 65.5 Å². The van der Waals surface area contributed by atoms with Gasteiger partial charge in [-0.25, -0.2) is 4.39 Å². The summed E-state index contributed by atoms with van der Waals surface area (Å²) in [5.41, 5.74) is 2.35. The van der Waals surface area contributed by atoms with Crippen LogP contribution in [0.2, 0.25) is 0 Å². The van der Waals surface area contributed by atoms with E-state index in [1.807, 2.05) is 6.92 Å². The molecule has 1 unspecified atom stereocenters. The third-order valence-electron chi connectivity index (χ3n) is 6.22. The minimum atomic E-state index is -0.249. The molecular formula is C23H29FN8. The Kier molecular flexibility index (Phi) is 5.73. The van der Waals surface area contributed by atoms with E-state index in [0.717, 1.165) is 44.1 Å². The van der Waals surface area contributed by atoms with E-state index >= 15 is 0 Å². The highest BCUT2D eigenvalue weighted by Crippen LogP contribution is 2.37. The van der Waals surface area contributed by atoms with Gasteiger partial charge in [0.15, 0.2) is 0 Å². The van der Waals surface area contributed by atoms with Gasteiger partial charge in [0.25, 0.3) is 0 Å².